The molecular formula is C17H20FN5O2. The molecule has 0 aliphatic heterocycles. The summed E-state index contributed by atoms with van der Waals surface area (Å²) in [6, 6.07) is 5.75. The van der Waals surface area contributed by atoms with Gasteiger partial charge in [-0.15, -0.1) is 0 Å². The second-order valence-electron chi connectivity index (χ2n) is 6.28. The summed E-state index contributed by atoms with van der Waals surface area (Å²) in [6.07, 6.45) is 3.13. The van der Waals surface area contributed by atoms with Crippen molar-refractivity contribution in [3.05, 3.63) is 45.9 Å². The third kappa shape index (κ3) is 4.20. The molecule has 8 heteroatoms. The van der Waals surface area contributed by atoms with E-state index in [-0.39, 0.29) is 6.04 Å². The van der Waals surface area contributed by atoms with E-state index in [1.807, 2.05) is 13.0 Å². The van der Waals surface area contributed by atoms with Crippen LogP contribution in [-0.4, -0.2) is 20.9 Å². The minimum Gasteiger partial charge on any atom is -0.352 e. The fraction of sp³-hybridized carbons (Fsp3) is 0.412. The zero-order chi connectivity index (χ0) is 18.0. The van der Waals surface area contributed by atoms with Crippen LogP contribution in [0.25, 0.3) is 0 Å². The van der Waals surface area contributed by atoms with Crippen molar-refractivity contribution in [1.82, 2.24) is 9.97 Å². The Balaban J connectivity index is 1.88. The lowest BCUT2D eigenvalue weighted by molar-refractivity contribution is -0.387. The molecule has 0 bridgehead atoms. The van der Waals surface area contributed by atoms with Gasteiger partial charge in [0.05, 0.1) is 10.6 Å². The molecule has 0 saturated heterocycles. The lowest BCUT2D eigenvalue weighted by Crippen LogP contribution is -2.16. The fourth-order valence-electron chi connectivity index (χ4n) is 2.38. The first-order chi connectivity index (χ1) is 12.0. The van der Waals surface area contributed by atoms with Gasteiger partial charge in [-0.3, -0.25) is 10.1 Å². The summed E-state index contributed by atoms with van der Waals surface area (Å²) < 4.78 is 13.5. The van der Waals surface area contributed by atoms with Crippen LogP contribution < -0.4 is 10.6 Å². The number of anilines is 3. The van der Waals surface area contributed by atoms with Crippen LogP contribution in [0.2, 0.25) is 0 Å². The molecule has 0 spiro atoms. The van der Waals surface area contributed by atoms with Gasteiger partial charge in [-0.1, -0.05) is 6.92 Å². The topological polar surface area (TPSA) is 93.0 Å². The first kappa shape index (κ1) is 17.1. The average Bonchev–Trinajstić information content (AvgIpc) is 3.41. The van der Waals surface area contributed by atoms with Crippen LogP contribution in [0.1, 0.15) is 44.7 Å². The van der Waals surface area contributed by atoms with Gasteiger partial charge in [0.15, 0.2) is 0 Å². The van der Waals surface area contributed by atoms with Crippen molar-refractivity contribution in [3.63, 3.8) is 0 Å². The molecule has 2 N–H and O–H groups in total. The van der Waals surface area contributed by atoms with Crippen molar-refractivity contribution in [1.29, 1.82) is 0 Å². The van der Waals surface area contributed by atoms with Crippen LogP contribution in [0.15, 0.2) is 24.3 Å². The number of hydrogen-bond acceptors (Lipinski definition) is 6. The second kappa shape index (κ2) is 7.00. The molecule has 0 unspecified atom stereocenters. The van der Waals surface area contributed by atoms with Crippen molar-refractivity contribution in [2.45, 2.75) is 45.1 Å². The molecule has 25 heavy (non-hydrogen) atoms. The lowest BCUT2D eigenvalue weighted by Gasteiger charge is -2.14. The highest BCUT2D eigenvalue weighted by molar-refractivity contribution is 5.61. The highest BCUT2D eigenvalue weighted by atomic mass is 19.1. The quantitative estimate of drug-likeness (QED) is 0.572. The van der Waals surface area contributed by atoms with Crippen LogP contribution >= 0.6 is 0 Å². The Morgan fingerprint density at radius 2 is 2.12 bits per heavy atom. The van der Waals surface area contributed by atoms with Gasteiger partial charge in [0, 0.05) is 29.8 Å². The van der Waals surface area contributed by atoms with E-state index in [9.17, 15) is 14.5 Å². The smallest absolute Gasteiger partial charge is 0.306 e. The van der Waals surface area contributed by atoms with E-state index in [0.717, 1.165) is 37.1 Å². The number of nitrogens with zero attached hydrogens (tertiary/aromatic N) is 3. The van der Waals surface area contributed by atoms with Crippen LogP contribution in [0.4, 0.5) is 27.5 Å². The number of nitro benzene ring substituents is 1. The van der Waals surface area contributed by atoms with Gasteiger partial charge < -0.3 is 10.6 Å². The van der Waals surface area contributed by atoms with Gasteiger partial charge in [0.1, 0.15) is 5.82 Å². The Morgan fingerprint density at radius 1 is 1.36 bits per heavy atom. The van der Waals surface area contributed by atoms with Crippen LogP contribution in [0.3, 0.4) is 0 Å². The van der Waals surface area contributed by atoms with Crippen LogP contribution in [0.5, 0.6) is 0 Å². The molecule has 1 aliphatic carbocycles. The predicted octanol–water partition coefficient (Wildman–Crippen LogP) is 4.36. The number of nitro groups is 1. The molecule has 0 amide bonds. The van der Waals surface area contributed by atoms with Gasteiger partial charge in [-0.25, -0.2) is 4.98 Å². The Labute approximate surface area is 144 Å². The van der Waals surface area contributed by atoms with E-state index < -0.39 is 16.4 Å². The maximum atomic E-state index is 13.5. The summed E-state index contributed by atoms with van der Waals surface area (Å²) in [5, 5.41) is 17.2. The van der Waals surface area contributed by atoms with E-state index in [4.69, 9.17) is 0 Å². The Hall–Kier alpha value is -2.77. The minimum absolute atomic E-state index is 0.231. The molecule has 7 nitrogen and oxygen atoms in total. The van der Waals surface area contributed by atoms with Gasteiger partial charge in [0.2, 0.25) is 11.8 Å². The van der Waals surface area contributed by atoms with Gasteiger partial charge in [0.25, 0.3) is 0 Å². The van der Waals surface area contributed by atoms with E-state index in [0.29, 0.717) is 23.4 Å². The number of nitrogens with one attached hydrogen (secondary N) is 2. The normalized spacial score (nSPS) is 14.8. The third-order valence-corrected chi connectivity index (χ3v) is 4.14. The number of hydrogen-bond donors (Lipinski definition) is 2. The molecule has 1 heterocycles. The minimum atomic E-state index is -0.865. The summed E-state index contributed by atoms with van der Waals surface area (Å²) >= 11 is 0. The van der Waals surface area contributed by atoms with E-state index in [2.05, 4.69) is 27.5 Å². The average molecular weight is 345 g/mol. The Kier molecular flexibility index (Phi) is 4.78. The summed E-state index contributed by atoms with van der Waals surface area (Å²) in [5.74, 6) is 0.626. The number of halogens is 1. The highest BCUT2D eigenvalue weighted by Gasteiger charge is 2.26. The maximum Gasteiger partial charge on any atom is 0.306 e. The summed E-state index contributed by atoms with van der Waals surface area (Å²) in [4.78, 5) is 19.1. The fourth-order valence-corrected chi connectivity index (χ4v) is 2.38. The molecule has 3 rings (SSSR count). The molecule has 1 aromatic carbocycles. The molecule has 0 radical (unpaired) electrons. The maximum absolute atomic E-state index is 13.5. The lowest BCUT2D eigenvalue weighted by atomic mass is 10.2. The molecule has 1 atom stereocenters. The molecule has 1 aliphatic rings. The molecular weight excluding hydrogens is 325 g/mol. The van der Waals surface area contributed by atoms with E-state index in [1.54, 1.807) is 0 Å². The van der Waals surface area contributed by atoms with E-state index >= 15 is 0 Å². The predicted molar refractivity (Wildman–Crippen MR) is 93.7 cm³/mol. The van der Waals surface area contributed by atoms with Crippen LogP contribution in [-0.2, 0) is 0 Å². The second-order valence-corrected chi connectivity index (χ2v) is 6.28. The Bertz CT molecular complexity index is 795. The van der Waals surface area contributed by atoms with E-state index in [1.165, 1.54) is 6.07 Å². The van der Waals surface area contributed by atoms with Gasteiger partial charge in [-0.05, 0) is 38.3 Å². The van der Waals surface area contributed by atoms with Gasteiger partial charge >= 0.3 is 5.69 Å². The van der Waals surface area contributed by atoms with Crippen LogP contribution in [0, 0.1) is 15.9 Å². The Morgan fingerprint density at radius 3 is 2.76 bits per heavy atom. The van der Waals surface area contributed by atoms with Crippen molar-refractivity contribution in [3.8, 4) is 0 Å². The van der Waals surface area contributed by atoms with Crippen molar-refractivity contribution >= 4 is 23.1 Å². The highest BCUT2D eigenvalue weighted by Crippen LogP contribution is 2.40. The standard InChI is InChI=1S/C17H20FN5O2/c1-3-10(2)19-17-21-14(11-4-5-11)9-16(22-17)20-12-6-7-13(18)15(8-12)23(24)25/h6-11H,3-5H2,1-2H3,(H2,19,20,21,22)/t10-/m1/s1. The van der Waals surface area contributed by atoms with Crippen molar-refractivity contribution < 1.29 is 9.31 Å². The first-order valence-corrected chi connectivity index (χ1v) is 8.32. The van der Waals surface area contributed by atoms with Crippen molar-refractivity contribution in [2.24, 2.45) is 0 Å². The monoisotopic (exact) mass is 345 g/mol. The molecule has 132 valence electrons. The molecule has 1 fully saturated rings. The first-order valence-electron chi connectivity index (χ1n) is 8.32. The summed E-state index contributed by atoms with van der Waals surface area (Å²) in [6.45, 7) is 4.11. The summed E-state index contributed by atoms with van der Waals surface area (Å²) in [7, 11) is 0. The van der Waals surface area contributed by atoms with Gasteiger partial charge in [-0.2, -0.15) is 9.37 Å². The number of benzene rings is 1. The SMILES string of the molecule is CC[C@@H](C)Nc1nc(Nc2ccc(F)c([N+](=O)[O-])c2)cc(C2CC2)n1. The third-order valence-electron chi connectivity index (χ3n) is 4.14. The summed E-state index contributed by atoms with van der Waals surface area (Å²) in [5.41, 5.74) is 0.780. The molecule has 1 saturated carbocycles. The molecule has 1 aromatic heterocycles. The molecule has 2 aromatic rings. The largest absolute Gasteiger partial charge is 0.352 e. The number of aromatic nitrogens is 2. The zero-order valence-electron chi connectivity index (χ0n) is 14.1. The zero-order valence-corrected chi connectivity index (χ0v) is 14.1. The number of rotatable bonds is 7. The van der Waals surface area contributed by atoms with Crippen molar-refractivity contribution in [2.75, 3.05) is 10.6 Å².